The standard InChI is InChI=1S/C8H14O/c1-7-2-3-8(4-5-8)6-9-7/h7H,2-6H2,1H3/t7-/m0/s1. The van der Waals surface area contributed by atoms with Crippen LogP contribution in [-0.2, 0) is 4.74 Å². The molecule has 9 heavy (non-hydrogen) atoms. The zero-order valence-electron chi connectivity index (χ0n) is 6.02. The highest BCUT2D eigenvalue weighted by Gasteiger charge is 2.44. The predicted molar refractivity (Wildman–Crippen MR) is 36.3 cm³/mol. The molecule has 0 aromatic carbocycles. The van der Waals surface area contributed by atoms with Gasteiger partial charge in [0, 0.05) is 0 Å². The topological polar surface area (TPSA) is 9.23 Å². The highest BCUT2D eigenvalue weighted by atomic mass is 16.5. The minimum atomic E-state index is 0.538. The Morgan fingerprint density at radius 2 is 2.11 bits per heavy atom. The second kappa shape index (κ2) is 1.72. The molecule has 0 radical (unpaired) electrons. The molecule has 0 amide bonds. The molecule has 1 saturated heterocycles. The Bertz CT molecular complexity index is 106. The first-order valence-electron chi connectivity index (χ1n) is 3.92. The molecule has 1 atom stereocenters. The molecular weight excluding hydrogens is 112 g/mol. The normalized spacial score (nSPS) is 39.0. The van der Waals surface area contributed by atoms with Gasteiger partial charge in [0.15, 0.2) is 0 Å². The Balaban J connectivity index is 1.91. The van der Waals surface area contributed by atoms with Crippen molar-refractivity contribution in [2.45, 2.75) is 38.7 Å². The zero-order chi connectivity index (χ0) is 6.32. The summed E-state index contributed by atoms with van der Waals surface area (Å²) in [5.74, 6) is 0. The molecule has 2 rings (SSSR count). The first kappa shape index (κ1) is 5.72. The van der Waals surface area contributed by atoms with Crippen molar-refractivity contribution in [3.05, 3.63) is 0 Å². The Hall–Kier alpha value is -0.0400. The summed E-state index contributed by atoms with van der Waals surface area (Å²) < 4.78 is 5.56. The molecule has 0 aromatic rings. The third-order valence-electron chi connectivity index (χ3n) is 2.71. The smallest absolute Gasteiger partial charge is 0.0547 e. The van der Waals surface area contributed by atoms with Crippen LogP contribution in [0.25, 0.3) is 0 Å². The molecular formula is C8H14O. The second-order valence-electron chi connectivity index (χ2n) is 3.66. The summed E-state index contributed by atoms with van der Waals surface area (Å²) in [5, 5.41) is 0. The van der Waals surface area contributed by atoms with E-state index in [0.717, 1.165) is 6.61 Å². The fraction of sp³-hybridized carbons (Fsp3) is 1.00. The van der Waals surface area contributed by atoms with E-state index in [-0.39, 0.29) is 0 Å². The maximum atomic E-state index is 5.56. The van der Waals surface area contributed by atoms with Gasteiger partial charge in [0.1, 0.15) is 0 Å². The van der Waals surface area contributed by atoms with Crippen molar-refractivity contribution >= 4 is 0 Å². The highest BCUT2D eigenvalue weighted by Crippen LogP contribution is 2.52. The van der Waals surface area contributed by atoms with Crippen LogP contribution in [0, 0.1) is 5.41 Å². The van der Waals surface area contributed by atoms with Crippen molar-refractivity contribution < 1.29 is 4.74 Å². The van der Waals surface area contributed by atoms with Crippen LogP contribution in [0.3, 0.4) is 0 Å². The third kappa shape index (κ3) is 0.983. The molecule has 52 valence electrons. The molecule has 1 aliphatic heterocycles. The average Bonchev–Trinajstić information content (AvgIpc) is 2.60. The predicted octanol–water partition coefficient (Wildman–Crippen LogP) is 1.97. The lowest BCUT2D eigenvalue weighted by atomic mass is 9.96. The third-order valence-corrected chi connectivity index (χ3v) is 2.71. The van der Waals surface area contributed by atoms with Crippen LogP contribution in [-0.4, -0.2) is 12.7 Å². The quantitative estimate of drug-likeness (QED) is 0.482. The summed E-state index contributed by atoms with van der Waals surface area (Å²) in [6, 6.07) is 0. The molecule has 2 fully saturated rings. The Kier molecular flexibility index (Phi) is 1.10. The monoisotopic (exact) mass is 126 g/mol. The SMILES string of the molecule is C[C@H]1CCC2(CC2)CO1. The molecule has 0 aromatic heterocycles. The van der Waals surface area contributed by atoms with Gasteiger partial charge in [-0.2, -0.15) is 0 Å². The maximum absolute atomic E-state index is 5.56. The van der Waals surface area contributed by atoms with Crippen LogP contribution < -0.4 is 0 Å². The Labute approximate surface area is 56.4 Å². The molecule has 1 heterocycles. The largest absolute Gasteiger partial charge is 0.378 e. The highest BCUT2D eigenvalue weighted by molar-refractivity contribution is 4.95. The van der Waals surface area contributed by atoms with Crippen LogP contribution in [0.5, 0.6) is 0 Å². The van der Waals surface area contributed by atoms with Gasteiger partial charge in [-0.25, -0.2) is 0 Å². The lowest BCUT2D eigenvalue weighted by molar-refractivity contribution is -0.0143. The summed E-state index contributed by atoms with van der Waals surface area (Å²) in [5.41, 5.74) is 0.687. The van der Waals surface area contributed by atoms with Gasteiger partial charge in [-0.1, -0.05) is 0 Å². The van der Waals surface area contributed by atoms with Gasteiger partial charge in [0.25, 0.3) is 0 Å². The van der Waals surface area contributed by atoms with Crippen LogP contribution in [0.15, 0.2) is 0 Å². The van der Waals surface area contributed by atoms with E-state index in [1.165, 1.54) is 25.7 Å². The van der Waals surface area contributed by atoms with Crippen molar-refractivity contribution in [3.8, 4) is 0 Å². The fourth-order valence-electron chi connectivity index (χ4n) is 1.56. The Morgan fingerprint density at radius 1 is 1.33 bits per heavy atom. The first-order chi connectivity index (χ1) is 4.31. The van der Waals surface area contributed by atoms with Crippen molar-refractivity contribution in [1.29, 1.82) is 0 Å². The summed E-state index contributed by atoms with van der Waals surface area (Å²) in [6.45, 7) is 3.23. The molecule has 0 unspecified atom stereocenters. The lowest BCUT2D eigenvalue weighted by Gasteiger charge is -2.26. The zero-order valence-corrected chi connectivity index (χ0v) is 6.02. The van der Waals surface area contributed by atoms with Crippen molar-refractivity contribution in [3.63, 3.8) is 0 Å². The van der Waals surface area contributed by atoms with Gasteiger partial charge in [0.2, 0.25) is 0 Å². The van der Waals surface area contributed by atoms with Crippen molar-refractivity contribution in [2.24, 2.45) is 5.41 Å². The fourth-order valence-corrected chi connectivity index (χ4v) is 1.56. The summed E-state index contributed by atoms with van der Waals surface area (Å²) in [6.07, 6.45) is 6.12. The van der Waals surface area contributed by atoms with Crippen molar-refractivity contribution in [1.82, 2.24) is 0 Å². The summed E-state index contributed by atoms with van der Waals surface area (Å²) in [4.78, 5) is 0. The summed E-state index contributed by atoms with van der Waals surface area (Å²) >= 11 is 0. The molecule has 1 spiro atoms. The lowest BCUT2D eigenvalue weighted by Crippen LogP contribution is -2.24. The van der Waals surface area contributed by atoms with Gasteiger partial charge in [-0.05, 0) is 38.0 Å². The van der Waals surface area contributed by atoms with E-state index < -0.39 is 0 Å². The summed E-state index contributed by atoms with van der Waals surface area (Å²) in [7, 11) is 0. The van der Waals surface area contributed by atoms with E-state index in [2.05, 4.69) is 6.92 Å². The minimum absolute atomic E-state index is 0.538. The van der Waals surface area contributed by atoms with E-state index >= 15 is 0 Å². The van der Waals surface area contributed by atoms with Crippen LogP contribution in [0.4, 0.5) is 0 Å². The van der Waals surface area contributed by atoms with Gasteiger partial charge in [-0.15, -0.1) is 0 Å². The number of ether oxygens (including phenoxy) is 1. The molecule has 2 aliphatic rings. The van der Waals surface area contributed by atoms with E-state index in [1.807, 2.05) is 0 Å². The molecule has 0 bridgehead atoms. The van der Waals surface area contributed by atoms with E-state index in [1.54, 1.807) is 0 Å². The molecule has 1 nitrogen and oxygen atoms in total. The van der Waals surface area contributed by atoms with E-state index in [4.69, 9.17) is 4.74 Å². The molecule has 1 saturated carbocycles. The van der Waals surface area contributed by atoms with Crippen LogP contribution in [0.1, 0.15) is 32.6 Å². The second-order valence-corrected chi connectivity index (χ2v) is 3.66. The van der Waals surface area contributed by atoms with Gasteiger partial charge >= 0.3 is 0 Å². The number of rotatable bonds is 0. The molecule has 1 heteroatoms. The van der Waals surface area contributed by atoms with Gasteiger partial charge in [0.05, 0.1) is 12.7 Å². The molecule has 1 aliphatic carbocycles. The van der Waals surface area contributed by atoms with Crippen LogP contribution >= 0.6 is 0 Å². The van der Waals surface area contributed by atoms with E-state index in [0.29, 0.717) is 11.5 Å². The maximum Gasteiger partial charge on any atom is 0.0547 e. The van der Waals surface area contributed by atoms with Crippen LogP contribution in [0.2, 0.25) is 0 Å². The van der Waals surface area contributed by atoms with Crippen molar-refractivity contribution in [2.75, 3.05) is 6.61 Å². The Morgan fingerprint density at radius 3 is 2.56 bits per heavy atom. The first-order valence-corrected chi connectivity index (χ1v) is 3.92. The number of hydrogen-bond donors (Lipinski definition) is 0. The average molecular weight is 126 g/mol. The van der Waals surface area contributed by atoms with Gasteiger partial charge < -0.3 is 4.74 Å². The molecule has 0 N–H and O–H groups in total. The minimum Gasteiger partial charge on any atom is -0.378 e. The van der Waals surface area contributed by atoms with Gasteiger partial charge in [-0.3, -0.25) is 0 Å². The number of hydrogen-bond acceptors (Lipinski definition) is 1. The van der Waals surface area contributed by atoms with E-state index in [9.17, 15) is 0 Å².